The van der Waals surface area contributed by atoms with Crippen LogP contribution >= 0.6 is 22.9 Å². The highest BCUT2D eigenvalue weighted by Crippen LogP contribution is 2.24. The predicted molar refractivity (Wildman–Crippen MR) is 111 cm³/mol. The maximum absolute atomic E-state index is 11.5. The fourth-order valence-electron chi connectivity index (χ4n) is 2.35. The number of carbonyl (C=O) groups is 1. The van der Waals surface area contributed by atoms with Crippen LogP contribution in [0.4, 0.5) is 11.4 Å². The van der Waals surface area contributed by atoms with E-state index in [-0.39, 0.29) is 5.88 Å². The van der Waals surface area contributed by atoms with Crippen molar-refractivity contribution in [2.24, 2.45) is 17.0 Å². The topological polar surface area (TPSA) is 76.2 Å². The number of ether oxygens (including phenoxy) is 1. The summed E-state index contributed by atoms with van der Waals surface area (Å²) in [6.45, 7) is 1.92. The van der Waals surface area contributed by atoms with Gasteiger partial charge in [0.2, 0.25) is 5.88 Å². The largest absolute Gasteiger partial charge is 0.493 e. The lowest BCUT2D eigenvalue weighted by Crippen LogP contribution is -2.08. The molecule has 0 saturated heterocycles. The smallest absolute Gasteiger partial charge is 0.337 e. The maximum atomic E-state index is 11.5. The fraction of sp³-hybridized carbons (Fsp3) is 0.150. The number of hydrogen-bond donors (Lipinski definition) is 1. The van der Waals surface area contributed by atoms with Gasteiger partial charge in [0.15, 0.2) is 4.80 Å². The van der Waals surface area contributed by atoms with Crippen LogP contribution in [0.15, 0.2) is 52.4 Å². The van der Waals surface area contributed by atoms with E-state index in [1.807, 2.05) is 19.1 Å². The van der Waals surface area contributed by atoms with E-state index in [9.17, 15) is 9.90 Å². The minimum Gasteiger partial charge on any atom is -0.493 e. The first-order chi connectivity index (χ1) is 13.4. The van der Waals surface area contributed by atoms with Gasteiger partial charge in [-0.1, -0.05) is 29.0 Å². The van der Waals surface area contributed by atoms with Crippen molar-refractivity contribution in [2.45, 2.75) is 6.92 Å². The molecule has 144 valence electrons. The molecular formula is C20H18ClN3O3S. The van der Waals surface area contributed by atoms with Crippen molar-refractivity contribution in [3.05, 3.63) is 68.3 Å². The van der Waals surface area contributed by atoms with Crippen molar-refractivity contribution < 1.29 is 14.6 Å². The number of rotatable bonds is 4. The van der Waals surface area contributed by atoms with Crippen LogP contribution in [-0.4, -0.2) is 29.0 Å². The third-order valence-electron chi connectivity index (χ3n) is 4.03. The predicted octanol–water partition coefficient (Wildman–Crippen LogP) is 4.52. The number of methoxy groups -OCH3 is 1. The summed E-state index contributed by atoms with van der Waals surface area (Å²) in [4.78, 5) is 21.6. The van der Waals surface area contributed by atoms with E-state index >= 15 is 0 Å². The SMILES string of the molecule is COC(=O)c1ccc(N=c2sc(C=Nc3ccc(C)c(Cl)c3)c(O)n2C)cc1. The van der Waals surface area contributed by atoms with E-state index in [2.05, 4.69) is 14.7 Å². The molecule has 0 aliphatic carbocycles. The molecule has 0 radical (unpaired) electrons. The highest BCUT2D eigenvalue weighted by atomic mass is 35.5. The molecule has 1 aromatic heterocycles. The molecule has 0 unspecified atom stereocenters. The minimum atomic E-state index is -0.402. The van der Waals surface area contributed by atoms with Crippen molar-refractivity contribution in [2.75, 3.05) is 7.11 Å². The van der Waals surface area contributed by atoms with Gasteiger partial charge >= 0.3 is 5.97 Å². The Hall–Kier alpha value is -2.90. The third kappa shape index (κ3) is 4.32. The molecule has 8 heteroatoms. The van der Waals surface area contributed by atoms with Gasteiger partial charge in [-0.15, -0.1) is 0 Å². The normalized spacial score (nSPS) is 11.9. The second kappa shape index (κ2) is 8.41. The number of carbonyl (C=O) groups excluding carboxylic acids is 1. The number of nitrogens with zero attached hydrogens (tertiary/aromatic N) is 3. The number of benzene rings is 2. The van der Waals surface area contributed by atoms with Crippen LogP contribution in [0.1, 0.15) is 20.8 Å². The number of halogens is 1. The Morgan fingerprint density at radius 2 is 1.89 bits per heavy atom. The zero-order chi connectivity index (χ0) is 20.3. The Labute approximate surface area is 171 Å². The van der Waals surface area contributed by atoms with Gasteiger partial charge < -0.3 is 9.84 Å². The van der Waals surface area contributed by atoms with E-state index in [0.717, 1.165) is 5.56 Å². The first-order valence-electron chi connectivity index (χ1n) is 8.31. The lowest BCUT2D eigenvalue weighted by molar-refractivity contribution is 0.0601. The van der Waals surface area contributed by atoms with Gasteiger partial charge in [-0.3, -0.25) is 9.56 Å². The molecule has 2 aromatic carbocycles. The van der Waals surface area contributed by atoms with Crippen molar-refractivity contribution >= 4 is 46.5 Å². The third-order valence-corrected chi connectivity index (χ3v) is 5.49. The van der Waals surface area contributed by atoms with Gasteiger partial charge in [-0.25, -0.2) is 9.79 Å². The van der Waals surface area contributed by atoms with E-state index in [0.29, 0.717) is 31.6 Å². The summed E-state index contributed by atoms with van der Waals surface area (Å²) in [5.41, 5.74) is 2.77. The number of thiazole rings is 1. The van der Waals surface area contributed by atoms with Crippen LogP contribution in [0, 0.1) is 6.92 Å². The van der Waals surface area contributed by atoms with Crippen LogP contribution in [0.5, 0.6) is 5.88 Å². The number of aromatic nitrogens is 1. The van der Waals surface area contributed by atoms with Gasteiger partial charge in [0.05, 0.1) is 30.3 Å². The van der Waals surface area contributed by atoms with E-state index < -0.39 is 5.97 Å². The van der Waals surface area contributed by atoms with Gasteiger partial charge in [-0.05, 0) is 48.9 Å². The molecule has 1 heterocycles. The van der Waals surface area contributed by atoms with E-state index in [4.69, 9.17) is 11.6 Å². The fourth-order valence-corrected chi connectivity index (χ4v) is 3.43. The zero-order valence-electron chi connectivity index (χ0n) is 15.5. The highest BCUT2D eigenvalue weighted by molar-refractivity contribution is 7.11. The van der Waals surface area contributed by atoms with Gasteiger partial charge in [-0.2, -0.15) is 0 Å². The molecule has 0 amide bonds. The van der Waals surface area contributed by atoms with Crippen LogP contribution in [0.3, 0.4) is 0 Å². The molecule has 0 aliphatic heterocycles. The Bertz CT molecular complexity index is 1110. The Kier molecular flexibility index (Phi) is 5.96. The van der Waals surface area contributed by atoms with Crippen LogP contribution in [0.2, 0.25) is 5.02 Å². The summed E-state index contributed by atoms with van der Waals surface area (Å²) >= 11 is 7.41. The number of aliphatic imine (C=N–C) groups is 1. The summed E-state index contributed by atoms with van der Waals surface area (Å²) < 4.78 is 6.25. The first-order valence-corrected chi connectivity index (χ1v) is 9.50. The second-order valence-corrected chi connectivity index (χ2v) is 7.39. The van der Waals surface area contributed by atoms with Gasteiger partial charge in [0.1, 0.15) is 4.88 Å². The molecule has 6 nitrogen and oxygen atoms in total. The number of hydrogen-bond acceptors (Lipinski definition) is 6. The Balaban J connectivity index is 1.90. The zero-order valence-corrected chi connectivity index (χ0v) is 17.1. The van der Waals surface area contributed by atoms with Crippen molar-refractivity contribution in [1.82, 2.24) is 4.57 Å². The van der Waals surface area contributed by atoms with Crippen LogP contribution in [-0.2, 0) is 11.8 Å². The number of aromatic hydroxyl groups is 1. The molecule has 0 bridgehead atoms. The average Bonchev–Trinajstić information content (AvgIpc) is 2.96. The van der Waals surface area contributed by atoms with E-state index in [1.165, 1.54) is 18.4 Å². The van der Waals surface area contributed by atoms with Gasteiger partial charge in [0, 0.05) is 12.1 Å². The molecule has 3 aromatic rings. The molecule has 0 saturated carbocycles. The van der Waals surface area contributed by atoms with E-state index in [1.54, 1.807) is 48.2 Å². The Morgan fingerprint density at radius 3 is 2.54 bits per heavy atom. The van der Waals surface area contributed by atoms with Crippen LogP contribution in [0.25, 0.3) is 0 Å². The molecule has 0 aliphatic rings. The molecule has 0 spiro atoms. The molecule has 3 rings (SSSR count). The highest BCUT2D eigenvalue weighted by Gasteiger charge is 2.09. The molecule has 1 N–H and O–H groups in total. The standard InChI is InChI=1S/C20H18ClN3O3S/c1-12-4-7-15(10-16(12)21)22-11-17-18(25)24(2)20(28-17)23-14-8-5-13(6-9-14)19(26)27-3/h4-11,25H,1-3H3. The molecular weight excluding hydrogens is 398 g/mol. The van der Waals surface area contributed by atoms with Crippen molar-refractivity contribution in [3.8, 4) is 5.88 Å². The van der Waals surface area contributed by atoms with Gasteiger partial charge in [0.25, 0.3) is 0 Å². The van der Waals surface area contributed by atoms with Crippen LogP contribution < -0.4 is 4.80 Å². The summed E-state index contributed by atoms with van der Waals surface area (Å²) in [7, 11) is 3.05. The first kappa shape index (κ1) is 19.9. The summed E-state index contributed by atoms with van der Waals surface area (Å²) in [6, 6.07) is 12.2. The number of esters is 1. The second-order valence-electron chi connectivity index (χ2n) is 5.97. The lowest BCUT2D eigenvalue weighted by Gasteiger charge is -1.99. The lowest BCUT2D eigenvalue weighted by atomic mass is 10.2. The van der Waals surface area contributed by atoms with Crippen molar-refractivity contribution in [3.63, 3.8) is 0 Å². The Morgan fingerprint density at radius 1 is 1.21 bits per heavy atom. The van der Waals surface area contributed by atoms with Crippen molar-refractivity contribution in [1.29, 1.82) is 0 Å². The summed E-state index contributed by atoms with van der Waals surface area (Å²) in [5.74, 6) is -0.336. The maximum Gasteiger partial charge on any atom is 0.337 e. The molecule has 0 fully saturated rings. The monoisotopic (exact) mass is 415 g/mol. The average molecular weight is 416 g/mol. The number of aryl methyl sites for hydroxylation is 1. The summed E-state index contributed by atoms with van der Waals surface area (Å²) in [5, 5.41) is 11.0. The molecule has 28 heavy (non-hydrogen) atoms. The summed E-state index contributed by atoms with van der Waals surface area (Å²) in [6.07, 6.45) is 1.58. The quantitative estimate of drug-likeness (QED) is 0.502. The minimum absolute atomic E-state index is 0.0666. The molecule has 0 atom stereocenters.